The Morgan fingerprint density at radius 3 is 2.63 bits per heavy atom. The summed E-state index contributed by atoms with van der Waals surface area (Å²) in [5.41, 5.74) is -1.44. The molecule has 0 heterocycles. The minimum Gasteiger partial charge on any atom is -0.481 e. The lowest BCUT2D eigenvalue weighted by atomic mass is 10.0. The number of carbonyl (C=O) groups excluding carboxylic acids is 1. The number of halogens is 2. The number of aliphatic hydroxyl groups is 1. The summed E-state index contributed by atoms with van der Waals surface area (Å²) in [5.74, 6) is -2.40. The van der Waals surface area contributed by atoms with Crippen LogP contribution in [0.3, 0.4) is 0 Å². The Labute approximate surface area is 114 Å². The molecule has 7 heteroatoms. The van der Waals surface area contributed by atoms with Gasteiger partial charge >= 0.3 is 5.97 Å². The van der Waals surface area contributed by atoms with E-state index >= 15 is 0 Å². The number of carbonyl (C=O) groups is 2. The molecule has 1 aromatic carbocycles. The maximum absolute atomic E-state index is 12.9. The van der Waals surface area contributed by atoms with Gasteiger partial charge in [-0.25, -0.2) is 4.39 Å². The van der Waals surface area contributed by atoms with Gasteiger partial charge in [0, 0.05) is 12.1 Å². The topological polar surface area (TPSA) is 86.6 Å². The van der Waals surface area contributed by atoms with Crippen LogP contribution in [0.4, 0.5) is 4.39 Å². The fourth-order valence-corrected chi connectivity index (χ4v) is 1.58. The fraction of sp³-hybridized carbons (Fsp3) is 0.333. The minimum atomic E-state index is -1.56. The summed E-state index contributed by atoms with van der Waals surface area (Å²) in [4.78, 5) is 22.2. The molecule has 1 rings (SSSR count). The Balaban J connectivity index is 2.65. The third kappa shape index (κ3) is 4.84. The molecular formula is C12H13ClFNO4. The zero-order valence-corrected chi connectivity index (χ0v) is 10.9. The first-order valence-corrected chi connectivity index (χ1v) is 5.76. The molecule has 104 valence electrons. The largest absolute Gasteiger partial charge is 0.481 e. The Morgan fingerprint density at radius 1 is 1.47 bits per heavy atom. The SMILES string of the molecule is CC(O)(CNC(=O)c1ccc(F)c(Cl)c1)CC(=O)O. The van der Waals surface area contributed by atoms with Gasteiger partial charge in [-0.1, -0.05) is 11.6 Å². The van der Waals surface area contributed by atoms with Crippen molar-refractivity contribution in [3.8, 4) is 0 Å². The predicted octanol–water partition coefficient (Wildman–Crippen LogP) is 1.43. The summed E-state index contributed by atoms with van der Waals surface area (Å²) in [6.07, 6.45) is -0.503. The lowest BCUT2D eigenvalue weighted by Crippen LogP contribution is -2.42. The standard InChI is InChI=1S/C12H13ClFNO4/c1-12(19,5-10(16)17)6-15-11(18)7-2-3-9(14)8(13)4-7/h2-4,19H,5-6H2,1H3,(H,15,18)(H,16,17). The number of carboxylic acid groups (broad SMARTS) is 1. The molecule has 0 bridgehead atoms. The second-order valence-corrected chi connectivity index (χ2v) is 4.79. The Kier molecular flexibility index (Phi) is 4.85. The van der Waals surface area contributed by atoms with Crippen LogP contribution in [0.5, 0.6) is 0 Å². The number of nitrogens with one attached hydrogen (secondary N) is 1. The van der Waals surface area contributed by atoms with E-state index in [-0.39, 0.29) is 17.1 Å². The van der Waals surface area contributed by atoms with E-state index in [0.717, 1.165) is 12.1 Å². The summed E-state index contributed by atoms with van der Waals surface area (Å²) in [6.45, 7) is 1.05. The average Bonchev–Trinajstić information content (AvgIpc) is 2.28. The van der Waals surface area contributed by atoms with Crippen LogP contribution < -0.4 is 5.32 Å². The first-order chi connectivity index (χ1) is 8.71. The van der Waals surface area contributed by atoms with Gasteiger partial charge in [0.25, 0.3) is 5.91 Å². The van der Waals surface area contributed by atoms with Gasteiger partial charge in [0.05, 0.1) is 17.0 Å². The zero-order chi connectivity index (χ0) is 14.6. The second-order valence-electron chi connectivity index (χ2n) is 4.38. The van der Waals surface area contributed by atoms with Crippen LogP contribution in [-0.2, 0) is 4.79 Å². The van der Waals surface area contributed by atoms with Gasteiger partial charge in [0.2, 0.25) is 0 Å². The molecule has 1 unspecified atom stereocenters. The first kappa shape index (κ1) is 15.4. The molecule has 5 nitrogen and oxygen atoms in total. The lowest BCUT2D eigenvalue weighted by Gasteiger charge is -2.21. The lowest BCUT2D eigenvalue weighted by molar-refractivity contribution is -0.141. The van der Waals surface area contributed by atoms with E-state index in [1.165, 1.54) is 13.0 Å². The van der Waals surface area contributed by atoms with Crippen LogP contribution in [0, 0.1) is 5.82 Å². The minimum absolute atomic E-state index is 0.123. The zero-order valence-electron chi connectivity index (χ0n) is 10.1. The Bertz CT molecular complexity index is 505. The summed E-state index contributed by atoms with van der Waals surface area (Å²) >= 11 is 5.53. The van der Waals surface area contributed by atoms with Crippen molar-refractivity contribution < 1.29 is 24.2 Å². The normalized spacial score (nSPS) is 13.7. The summed E-state index contributed by atoms with van der Waals surface area (Å²) in [5, 5.41) is 20.4. The highest BCUT2D eigenvalue weighted by molar-refractivity contribution is 6.31. The van der Waals surface area contributed by atoms with Crippen LogP contribution in [-0.4, -0.2) is 34.2 Å². The van der Waals surface area contributed by atoms with Crippen molar-refractivity contribution in [3.05, 3.63) is 34.6 Å². The number of amides is 1. The molecule has 0 saturated carbocycles. The molecule has 0 aliphatic carbocycles. The van der Waals surface area contributed by atoms with E-state index in [0.29, 0.717) is 0 Å². The van der Waals surface area contributed by atoms with Crippen LogP contribution in [0.1, 0.15) is 23.7 Å². The first-order valence-electron chi connectivity index (χ1n) is 5.39. The van der Waals surface area contributed by atoms with Crippen LogP contribution in [0.15, 0.2) is 18.2 Å². The van der Waals surface area contributed by atoms with E-state index in [4.69, 9.17) is 16.7 Å². The highest BCUT2D eigenvalue weighted by Crippen LogP contribution is 2.16. The number of benzene rings is 1. The fourth-order valence-electron chi connectivity index (χ4n) is 1.40. The van der Waals surface area contributed by atoms with Gasteiger partial charge in [-0.3, -0.25) is 9.59 Å². The van der Waals surface area contributed by atoms with Gasteiger partial charge in [-0.05, 0) is 25.1 Å². The molecule has 0 aliphatic rings. The molecule has 0 saturated heterocycles. The van der Waals surface area contributed by atoms with Crippen molar-refractivity contribution in [1.29, 1.82) is 0 Å². The van der Waals surface area contributed by atoms with E-state index in [1.807, 2.05) is 0 Å². The quantitative estimate of drug-likeness (QED) is 0.765. The molecule has 19 heavy (non-hydrogen) atoms. The highest BCUT2D eigenvalue weighted by atomic mass is 35.5. The maximum atomic E-state index is 12.9. The van der Waals surface area contributed by atoms with Crippen molar-refractivity contribution in [3.63, 3.8) is 0 Å². The van der Waals surface area contributed by atoms with Crippen molar-refractivity contribution in [2.75, 3.05) is 6.54 Å². The number of carboxylic acids is 1. The molecular weight excluding hydrogens is 277 g/mol. The number of hydrogen-bond acceptors (Lipinski definition) is 3. The molecule has 0 radical (unpaired) electrons. The monoisotopic (exact) mass is 289 g/mol. The number of rotatable bonds is 5. The number of hydrogen-bond donors (Lipinski definition) is 3. The summed E-state index contributed by atoms with van der Waals surface area (Å²) in [6, 6.07) is 3.44. The molecule has 1 aromatic rings. The summed E-state index contributed by atoms with van der Waals surface area (Å²) < 4.78 is 12.9. The molecule has 1 atom stereocenters. The van der Waals surface area contributed by atoms with Crippen molar-refractivity contribution in [2.24, 2.45) is 0 Å². The molecule has 0 aromatic heterocycles. The Hall–Kier alpha value is -1.66. The van der Waals surface area contributed by atoms with Crippen LogP contribution in [0.25, 0.3) is 0 Å². The Morgan fingerprint density at radius 2 is 2.11 bits per heavy atom. The molecule has 0 spiro atoms. The highest BCUT2D eigenvalue weighted by Gasteiger charge is 2.25. The van der Waals surface area contributed by atoms with Crippen LogP contribution >= 0.6 is 11.6 Å². The third-order valence-electron chi connectivity index (χ3n) is 2.34. The second kappa shape index (κ2) is 5.99. The summed E-state index contributed by atoms with van der Waals surface area (Å²) in [7, 11) is 0. The third-order valence-corrected chi connectivity index (χ3v) is 2.63. The number of aliphatic carboxylic acids is 1. The van der Waals surface area contributed by atoms with Gasteiger partial charge in [-0.2, -0.15) is 0 Å². The van der Waals surface area contributed by atoms with E-state index in [1.54, 1.807) is 0 Å². The van der Waals surface area contributed by atoms with Gasteiger partial charge in [0.1, 0.15) is 5.82 Å². The van der Waals surface area contributed by atoms with E-state index < -0.39 is 29.7 Å². The molecule has 0 aliphatic heterocycles. The average molecular weight is 290 g/mol. The molecule has 3 N–H and O–H groups in total. The van der Waals surface area contributed by atoms with Crippen LogP contribution in [0.2, 0.25) is 5.02 Å². The maximum Gasteiger partial charge on any atom is 0.306 e. The smallest absolute Gasteiger partial charge is 0.306 e. The van der Waals surface area contributed by atoms with Gasteiger partial charge in [0.15, 0.2) is 0 Å². The van der Waals surface area contributed by atoms with Gasteiger partial charge < -0.3 is 15.5 Å². The van der Waals surface area contributed by atoms with E-state index in [9.17, 15) is 19.1 Å². The van der Waals surface area contributed by atoms with E-state index in [2.05, 4.69) is 5.32 Å². The molecule has 0 fully saturated rings. The van der Waals surface area contributed by atoms with Gasteiger partial charge in [-0.15, -0.1) is 0 Å². The predicted molar refractivity (Wildman–Crippen MR) is 66.6 cm³/mol. The van der Waals surface area contributed by atoms with Crippen molar-refractivity contribution in [1.82, 2.24) is 5.32 Å². The van der Waals surface area contributed by atoms with Crippen molar-refractivity contribution >= 4 is 23.5 Å². The van der Waals surface area contributed by atoms with Crippen molar-refractivity contribution in [2.45, 2.75) is 18.9 Å². The molecule has 1 amide bonds.